The van der Waals surface area contributed by atoms with Crippen molar-refractivity contribution in [1.82, 2.24) is 9.78 Å². The van der Waals surface area contributed by atoms with E-state index in [4.69, 9.17) is 0 Å². The summed E-state index contributed by atoms with van der Waals surface area (Å²) in [5, 5.41) is 6.71. The third-order valence-corrected chi connectivity index (χ3v) is 5.27. The van der Waals surface area contributed by atoms with Gasteiger partial charge in [-0.1, -0.05) is 38.1 Å². The van der Waals surface area contributed by atoms with Crippen molar-refractivity contribution in [2.45, 2.75) is 40.2 Å². The zero-order valence-electron chi connectivity index (χ0n) is 18.4. The lowest BCUT2D eigenvalue weighted by Gasteiger charge is -2.10. The van der Waals surface area contributed by atoms with Crippen molar-refractivity contribution in [3.05, 3.63) is 87.5 Å². The van der Waals surface area contributed by atoms with Gasteiger partial charge < -0.3 is 5.32 Å². The van der Waals surface area contributed by atoms with Crippen LogP contribution >= 0.6 is 0 Å². The van der Waals surface area contributed by atoms with Gasteiger partial charge in [-0.15, -0.1) is 0 Å². The molecule has 1 amide bonds. The fraction of sp³-hybridized carbons (Fsp3) is 0.250. The lowest BCUT2D eigenvalue weighted by Crippen LogP contribution is -2.13. The molecular weight excluding hydrogens is 441 g/mol. The zero-order valence-corrected chi connectivity index (χ0v) is 18.4. The number of anilines is 1. The predicted octanol–water partition coefficient (Wildman–Crippen LogP) is 6.02. The van der Waals surface area contributed by atoms with Gasteiger partial charge in [0.25, 0.3) is 0 Å². The molecule has 1 aromatic heterocycles. The van der Waals surface area contributed by atoms with Gasteiger partial charge in [-0.05, 0) is 37.0 Å². The monoisotopic (exact) mass is 463 g/mol. The molecule has 0 fully saturated rings. The van der Waals surface area contributed by atoms with Gasteiger partial charge in [0.1, 0.15) is 0 Å². The molecule has 4 nitrogen and oxygen atoms in total. The average molecular weight is 463 g/mol. The number of hydrogen-bond acceptors (Lipinski definition) is 2. The van der Waals surface area contributed by atoms with Crippen LogP contribution in [0, 0.1) is 42.9 Å². The quantitative estimate of drug-likeness (QED) is 0.210. The molecular formula is C24H22F5N3O. The third kappa shape index (κ3) is 4.97. The highest BCUT2D eigenvalue weighted by atomic mass is 19.2. The summed E-state index contributed by atoms with van der Waals surface area (Å²) in [5.41, 5.74) is 1.87. The minimum atomic E-state index is -2.22. The summed E-state index contributed by atoms with van der Waals surface area (Å²) >= 11 is 0. The van der Waals surface area contributed by atoms with Gasteiger partial charge in [-0.2, -0.15) is 5.10 Å². The van der Waals surface area contributed by atoms with Crippen LogP contribution in [0.5, 0.6) is 0 Å². The van der Waals surface area contributed by atoms with Crippen molar-refractivity contribution in [2.75, 3.05) is 5.32 Å². The molecule has 0 atom stereocenters. The molecule has 9 heteroatoms. The molecule has 1 N–H and O–H groups in total. The molecule has 0 aliphatic rings. The van der Waals surface area contributed by atoms with Crippen molar-refractivity contribution in [3.8, 4) is 0 Å². The molecule has 0 unspecified atom stereocenters. The van der Waals surface area contributed by atoms with Gasteiger partial charge in [0.05, 0.1) is 29.2 Å². The Hall–Kier alpha value is -3.49. The van der Waals surface area contributed by atoms with Crippen LogP contribution < -0.4 is 5.32 Å². The summed E-state index contributed by atoms with van der Waals surface area (Å²) in [7, 11) is 0. The minimum Gasteiger partial charge on any atom is -0.319 e. The molecule has 0 saturated heterocycles. The number of nitrogens with zero attached hydrogens (tertiary/aromatic N) is 2. The number of carbonyl (C=O) groups excluding carboxylic acids is 1. The van der Waals surface area contributed by atoms with Crippen LogP contribution in [0.2, 0.25) is 0 Å². The summed E-state index contributed by atoms with van der Waals surface area (Å²) in [5.74, 6) is -10.2. The Bertz CT molecular complexity index is 1200. The number of hydrogen-bond donors (Lipinski definition) is 1. The van der Waals surface area contributed by atoms with E-state index in [0.717, 1.165) is 10.2 Å². The Kier molecular flexibility index (Phi) is 7.00. The van der Waals surface area contributed by atoms with E-state index < -0.39 is 47.1 Å². The fourth-order valence-corrected chi connectivity index (χ4v) is 3.30. The van der Waals surface area contributed by atoms with Gasteiger partial charge in [0.2, 0.25) is 11.7 Å². The molecule has 0 aliphatic carbocycles. The fourth-order valence-electron chi connectivity index (χ4n) is 3.30. The van der Waals surface area contributed by atoms with Crippen LogP contribution in [0.1, 0.15) is 47.8 Å². The van der Waals surface area contributed by atoms with E-state index in [-0.39, 0.29) is 5.69 Å². The minimum absolute atomic E-state index is 0.281. The van der Waals surface area contributed by atoms with Crippen LogP contribution in [-0.4, -0.2) is 15.7 Å². The normalized spacial score (nSPS) is 11.6. The molecule has 174 valence electrons. The first-order chi connectivity index (χ1) is 15.5. The zero-order chi connectivity index (χ0) is 24.4. The Morgan fingerprint density at radius 1 is 0.970 bits per heavy atom. The number of halogens is 5. The van der Waals surface area contributed by atoms with Crippen LogP contribution in [0.4, 0.5) is 27.6 Å². The molecule has 33 heavy (non-hydrogen) atoms. The standard InChI is InChI=1S/C24H22F5N3O/c1-12(2)16-8-5-15(6-9-16)7-10-18(33)30-24-13(3)31-32(14(24)4)11-17-19(25)21(27)23(29)22(28)20(17)26/h5-10,12H,11H2,1-4H3,(H,30,33)/b10-7+. The molecule has 0 spiro atoms. The molecule has 0 aliphatic heterocycles. The van der Waals surface area contributed by atoms with Gasteiger partial charge in [0.15, 0.2) is 23.3 Å². The lowest BCUT2D eigenvalue weighted by molar-refractivity contribution is -0.111. The number of amides is 1. The van der Waals surface area contributed by atoms with E-state index in [0.29, 0.717) is 17.3 Å². The van der Waals surface area contributed by atoms with Crippen LogP contribution in [0.25, 0.3) is 6.08 Å². The SMILES string of the molecule is Cc1nn(Cc2c(F)c(F)c(F)c(F)c2F)c(C)c1NC(=O)/C=C/c1ccc(C(C)C)cc1. The maximum Gasteiger partial charge on any atom is 0.248 e. The molecule has 1 heterocycles. The Morgan fingerprint density at radius 2 is 1.52 bits per heavy atom. The number of aromatic nitrogens is 2. The Labute approximate surface area is 187 Å². The first kappa shape index (κ1) is 24.2. The number of rotatable bonds is 6. The van der Waals surface area contributed by atoms with E-state index in [2.05, 4.69) is 24.3 Å². The van der Waals surface area contributed by atoms with E-state index in [1.54, 1.807) is 13.0 Å². The van der Waals surface area contributed by atoms with Crippen molar-refractivity contribution in [2.24, 2.45) is 0 Å². The summed E-state index contributed by atoms with van der Waals surface area (Å²) in [6, 6.07) is 7.72. The highest BCUT2D eigenvalue weighted by molar-refractivity contribution is 6.02. The molecule has 0 bridgehead atoms. The van der Waals surface area contributed by atoms with E-state index in [1.807, 2.05) is 24.3 Å². The maximum absolute atomic E-state index is 14.0. The van der Waals surface area contributed by atoms with Crippen LogP contribution in [0.3, 0.4) is 0 Å². The van der Waals surface area contributed by atoms with Crippen molar-refractivity contribution in [1.29, 1.82) is 0 Å². The third-order valence-electron chi connectivity index (χ3n) is 5.27. The maximum atomic E-state index is 14.0. The van der Waals surface area contributed by atoms with E-state index in [9.17, 15) is 26.7 Å². The second-order valence-corrected chi connectivity index (χ2v) is 7.90. The van der Waals surface area contributed by atoms with Crippen LogP contribution in [0.15, 0.2) is 30.3 Å². The molecule has 3 rings (SSSR count). The summed E-state index contributed by atoms with van der Waals surface area (Å²) in [6.07, 6.45) is 2.95. The van der Waals surface area contributed by atoms with Crippen molar-refractivity contribution < 1.29 is 26.7 Å². The largest absolute Gasteiger partial charge is 0.319 e. The van der Waals surface area contributed by atoms with E-state index >= 15 is 0 Å². The van der Waals surface area contributed by atoms with Crippen molar-refractivity contribution >= 4 is 17.7 Å². The van der Waals surface area contributed by atoms with Gasteiger partial charge in [-0.25, -0.2) is 22.0 Å². The topological polar surface area (TPSA) is 46.9 Å². The highest BCUT2D eigenvalue weighted by Crippen LogP contribution is 2.26. The summed E-state index contributed by atoms with van der Waals surface area (Å²) < 4.78 is 69.4. The van der Waals surface area contributed by atoms with E-state index in [1.165, 1.54) is 18.6 Å². The van der Waals surface area contributed by atoms with Gasteiger partial charge in [0, 0.05) is 6.08 Å². The summed E-state index contributed by atoms with van der Waals surface area (Å²) in [4.78, 5) is 12.4. The number of nitrogens with one attached hydrogen (secondary N) is 1. The number of benzene rings is 2. The predicted molar refractivity (Wildman–Crippen MR) is 115 cm³/mol. The second-order valence-electron chi connectivity index (χ2n) is 7.90. The number of aryl methyl sites for hydroxylation is 1. The highest BCUT2D eigenvalue weighted by Gasteiger charge is 2.26. The Morgan fingerprint density at radius 3 is 2.06 bits per heavy atom. The first-order valence-electron chi connectivity index (χ1n) is 10.1. The van der Waals surface area contributed by atoms with Gasteiger partial charge in [-0.3, -0.25) is 9.48 Å². The lowest BCUT2D eigenvalue weighted by atomic mass is 10.0. The average Bonchev–Trinajstić information content (AvgIpc) is 3.05. The second kappa shape index (κ2) is 9.56. The summed E-state index contributed by atoms with van der Waals surface area (Å²) in [6.45, 7) is 6.51. The van der Waals surface area contributed by atoms with Crippen molar-refractivity contribution in [3.63, 3.8) is 0 Å². The molecule has 0 radical (unpaired) electrons. The molecule has 0 saturated carbocycles. The first-order valence-corrected chi connectivity index (χ1v) is 10.1. The number of carbonyl (C=O) groups is 1. The smallest absolute Gasteiger partial charge is 0.248 e. The van der Waals surface area contributed by atoms with Gasteiger partial charge >= 0.3 is 0 Å². The van der Waals surface area contributed by atoms with Crippen LogP contribution in [-0.2, 0) is 11.3 Å². The molecule has 3 aromatic rings. The molecule has 2 aromatic carbocycles. The Balaban J connectivity index is 1.79.